The zero-order chi connectivity index (χ0) is 48.6. The highest BCUT2D eigenvalue weighted by Crippen LogP contribution is 2.65. The van der Waals surface area contributed by atoms with Crippen molar-refractivity contribution in [3.05, 3.63) is 119 Å². The van der Waals surface area contributed by atoms with Gasteiger partial charge in [0.1, 0.15) is 42.6 Å². The van der Waals surface area contributed by atoms with Crippen LogP contribution in [0.1, 0.15) is 46.9 Å². The summed E-state index contributed by atoms with van der Waals surface area (Å²) in [5.74, 6) is -0.635. The van der Waals surface area contributed by atoms with E-state index in [1.165, 1.54) is 57.5 Å². The first-order valence-electron chi connectivity index (χ1n) is 21.6. The van der Waals surface area contributed by atoms with Crippen LogP contribution >= 0.6 is 24.9 Å². The van der Waals surface area contributed by atoms with Crippen LogP contribution in [0.15, 0.2) is 92.1 Å². The van der Waals surface area contributed by atoms with Gasteiger partial charge in [-0.15, -0.1) is 0 Å². The lowest BCUT2D eigenvalue weighted by Gasteiger charge is -2.31. The number of hydrogen-bond acceptors (Lipinski definition) is 20. The number of carbonyl (C=O) groups excluding carboxylic acids is 1. The minimum atomic E-state index is -4.71. The van der Waals surface area contributed by atoms with Gasteiger partial charge in [0.15, 0.2) is 47.4 Å². The van der Waals surface area contributed by atoms with Crippen molar-refractivity contribution in [3.8, 4) is 6.07 Å². The zero-order valence-electron chi connectivity index (χ0n) is 36.3. The minimum Gasteiger partial charge on any atom is -0.346 e. The van der Waals surface area contributed by atoms with Crippen LogP contribution in [0.4, 0.5) is 20.3 Å². The van der Waals surface area contributed by atoms with E-state index >= 15 is 13.3 Å². The standard InChI is InChI=1S/C42H39F2N11O11P2S2/c43-31-35-30-19-62-68(69,60-17-9-15-45)66-36-29(18-61-67(59,65-35)70-20-26-12-6-7-14-28(26)55(57)58)63-42(32(36)44)54-24-51-34-38(48-22-49-39(34)54)52(40(56)25-10-3-1-4-11-25)16-8-2-5-13-27-33-37(47-21-46-27)53(23-50-33)41(31)64-30/h1-4,6-8,10-12,14,21-24,29-32,35-36,41-42H,5,9,13,16-20H2/b8-2+/t29-,30-,31-,32-,35-,36-,41-,42-,67+,68+/m1/s1. The summed E-state index contributed by atoms with van der Waals surface area (Å²) in [6, 6.07) is 16.2. The van der Waals surface area contributed by atoms with E-state index in [0.717, 1.165) is 0 Å². The predicted octanol–water partition coefficient (Wildman–Crippen LogP) is 7.21. The highest BCUT2D eigenvalue weighted by molar-refractivity contribution is 8.54. The third-order valence-electron chi connectivity index (χ3n) is 11.7. The number of rotatable bonds is 8. The molecule has 22 nitrogen and oxygen atoms in total. The van der Waals surface area contributed by atoms with Crippen LogP contribution in [0, 0.1) is 21.4 Å². The molecule has 3 saturated heterocycles. The van der Waals surface area contributed by atoms with Crippen molar-refractivity contribution in [2.45, 2.75) is 74.2 Å². The first-order valence-corrected chi connectivity index (χ1v) is 27.3. The molecule has 5 aliphatic heterocycles. The summed E-state index contributed by atoms with van der Waals surface area (Å²) in [5, 5.41) is 21.4. The molecule has 364 valence electrons. The fourth-order valence-electron chi connectivity index (χ4n) is 8.36. The maximum absolute atomic E-state index is 17.5. The molecule has 3 fully saturated rings. The van der Waals surface area contributed by atoms with Crippen molar-refractivity contribution in [1.82, 2.24) is 39.0 Å². The van der Waals surface area contributed by atoms with E-state index < -0.39 is 86.8 Å². The molecule has 0 radical (unpaired) electrons. The van der Waals surface area contributed by atoms with E-state index in [1.54, 1.807) is 42.5 Å². The van der Waals surface area contributed by atoms with Crippen molar-refractivity contribution in [1.29, 1.82) is 5.26 Å². The number of alkyl halides is 2. The molecule has 14 bridgehead atoms. The van der Waals surface area contributed by atoms with Crippen LogP contribution in [-0.4, -0.2) is 113 Å². The van der Waals surface area contributed by atoms with Crippen LogP contribution in [-0.2, 0) is 60.6 Å². The number of ether oxygens (including phenoxy) is 2. The van der Waals surface area contributed by atoms with Crippen molar-refractivity contribution in [3.63, 3.8) is 0 Å². The van der Waals surface area contributed by atoms with Crippen LogP contribution in [0.3, 0.4) is 0 Å². The monoisotopic (exact) mass is 1040 g/mol. The number of nitro groups is 1. The number of aryl methyl sites for hydroxylation is 1. The summed E-state index contributed by atoms with van der Waals surface area (Å²) in [7, 11) is 0. The number of anilines is 1. The van der Waals surface area contributed by atoms with Gasteiger partial charge < -0.3 is 18.5 Å². The Balaban J connectivity index is 1.11. The fraction of sp³-hybridized carbons (Fsp3) is 0.381. The van der Waals surface area contributed by atoms with Crippen LogP contribution in [0.25, 0.3) is 22.3 Å². The number of allylic oxidation sites excluding steroid dienone is 1. The van der Waals surface area contributed by atoms with Gasteiger partial charge in [0.25, 0.3) is 11.6 Å². The summed E-state index contributed by atoms with van der Waals surface area (Å²) in [5.41, 5.74) is 1.41. The van der Waals surface area contributed by atoms with Gasteiger partial charge in [-0.2, -0.15) is 5.26 Å². The van der Waals surface area contributed by atoms with Crippen LogP contribution < -0.4 is 4.90 Å². The number of para-hydroxylation sites is 1. The average molecular weight is 1040 g/mol. The molecule has 0 saturated carbocycles. The quantitative estimate of drug-likeness (QED) is 0.0479. The van der Waals surface area contributed by atoms with Crippen molar-refractivity contribution in [2.75, 3.05) is 31.3 Å². The first kappa shape index (κ1) is 48.1. The summed E-state index contributed by atoms with van der Waals surface area (Å²) < 4.78 is 95.8. The zero-order valence-corrected chi connectivity index (χ0v) is 39.7. The topological polar surface area (TPSA) is 256 Å². The molecule has 10 atom stereocenters. The summed E-state index contributed by atoms with van der Waals surface area (Å²) >= 11 is 6.38. The smallest absolute Gasteiger partial charge is 0.346 e. The SMILES string of the molecule is N#CCCO[P@]1(=S)OC[C@H]2O[C@@H]3[C@H](F)[C@@H]2O[P@@](=O)(SCc2ccccc2[N+](=O)[O-])OC[C@H]2O[C@H]([C@H](F)[C@@H]2O1)n1cnc2c(ncnc21)N(C(=O)c1ccccc1)C/C=C/CCc1ncnc2c1ncn23. The molecule has 0 unspecified atom stereocenters. The van der Waals surface area contributed by atoms with Crippen molar-refractivity contribution < 1.29 is 55.2 Å². The van der Waals surface area contributed by atoms with Gasteiger partial charge in [0, 0.05) is 29.5 Å². The minimum absolute atomic E-state index is 0.0227. The second-order valence-electron chi connectivity index (χ2n) is 16.0. The number of aromatic nitrogens is 8. The normalized spacial score (nSPS) is 29.7. The number of amides is 1. The molecule has 0 N–H and O–H groups in total. The number of imidazole rings is 2. The number of fused-ring (bicyclic) bond motifs is 10. The lowest BCUT2D eigenvalue weighted by atomic mass is 10.1. The Morgan fingerprint density at radius 1 is 0.886 bits per heavy atom. The Bertz CT molecular complexity index is 3120. The maximum atomic E-state index is 17.5. The van der Waals surface area contributed by atoms with E-state index in [0.29, 0.717) is 41.0 Å². The number of nitro benzene ring substituents is 1. The largest absolute Gasteiger partial charge is 0.390 e. The van der Waals surface area contributed by atoms with Gasteiger partial charge in [-0.05, 0) is 48.2 Å². The van der Waals surface area contributed by atoms with E-state index in [1.807, 2.05) is 12.1 Å². The third kappa shape index (κ3) is 9.51. The summed E-state index contributed by atoms with van der Waals surface area (Å²) in [6.07, 6.45) is -4.50. The average Bonchev–Trinajstić information content (AvgIpc) is 4.14. The molecule has 0 aliphatic carbocycles. The summed E-state index contributed by atoms with van der Waals surface area (Å²) in [6.45, 7) is -10.5. The predicted molar refractivity (Wildman–Crippen MR) is 248 cm³/mol. The first-order chi connectivity index (χ1) is 33.9. The number of halogens is 2. The van der Waals surface area contributed by atoms with Gasteiger partial charge in [0.2, 0.25) is 0 Å². The molecule has 5 aliphatic rings. The van der Waals surface area contributed by atoms with E-state index in [9.17, 15) is 20.2 Å². The fourth-order valence-corrected chi connectivity index (χ4v) is 13.8. The van der Waals surface area contributed by atoms with Crippen molar-refractivity contribution in [2.24, 2.45) is 0 Å². The van der Waals surface area contributed by atoms with Gasteiger partial charge >= 0.3 is 13.5 Å². The molecule has 0 spiro atoms. The maximum Gasteiger partial charge on any atom is 0.390 e. The van der Waals surface area contributed by atoms with Crippen molar-refractivity contribution >= 4 is 76.4 Å². The Hall–Kier alpha value is -5.55. The van der Waals surface area contributed by atoms with Gasteiger partial charge in [-0.25, -0.2) is 43.2 Å². The van der Waals surface area contributed by atoms with E-state index in [4.69, 9.17) is 43.9 Å². The molecule has 9 heterocycles. The molecule has 11 rings (SSSR count). The Kier molecular flexibility index (Phi) is 13.9. The molecular weight excluding hydrogens is 999 g/mol. The van der Waals surface area contributed by atoms with Crippen LogP contribution in [0.2, 0.25) is 0 Å². The van der Waals surface area contributed by atoms with Crippen LogP contribution in [0.5, 0.6) is 0 Å². The second-order valence-corrected chi connectivity index (χ2v) is 23.0. The Morgan fingerprint density at radius 2 is 1.54 bits per heavy atom. The lowest BCUT2D eigenvalue weighted by Crippen LogP contribution is -2.37. The van der Waals surface area contributed by atoms with E-state index in [-0.39, 0.29) is 59.2 Å². The molecule has 4 aromatic heterocycles. The Labute approximate surface area is 405 Å². The van der Waals surface area contributed by atoms with Gasteiger partial charge in [0.05, 0.1) is 55.6 Å². The highest BCUT2D eigenvalue weighted by atomic mass is 32.7. The second kappa shape index (κ2) is 20.3. The molecule has 6 aromatic rings. The van der Waals surface area contributed by atoms with E-state index in [2.05, 4.69) is 29.9 Å². The molecule has 70 heavy (non-hydrogen) atoms. The molecule has 28 heteroatoms. The third-order valence-corrected chi connectivity index (χ3v) is 17.7. The summed E-state index contributed by atoms with van der Waals surface area (Å²) in [4.78, 5) is 53.9. The highest BCUT2D eigenvalue weighted by Gasteiger charge is 2.55. The molecular formula is C42H39F2N11O11P2S2. The number of nitriles is 1. The van der Waals surface area contributed by atoms with Gasteiger partial charge in [-0.1, -0.05) is 48.6 Å². The number of nitrogens with zero attached hydrogens (tertiary/aromatic N) is 11. The lowest BCUT2D eigenvalue weighted by molar-refractivity contribution is -0.385. The van der Waals surface area contributed by atoms with Gasteiger partial charge in [-0.3, -0.25) is 42.5 Å². The molecule has 2 aromatic carbocycles. The molecule has 1 amide bonds. The number of carbonyl (C=O) groups is 1. The number of hydrogen-bond donors (Lipinski definition) is 0. The Morgan fingerprint density at radius 3 is 2.27 bits per heavy atom. The number of benzene rings is 2.